The van der Waals surface area contributed by atoms with E-state index in [1.54, 1.807) is 29.2 Å². The predicted octanol–water partition coefficient (Wildman–Crippen LogP) is 1.89. The highest BCUT2D eigenvalue weighted by molar-refractivity contribution is 5.95. The summed E-state index contributed by atoms with van der Waals surface area (Å²) in [6.45, 7) is 1.65. The minimum absolute atomic E-state index is 0. The number of likely N-dealkylation sites (tertiary alicyclic amines) is 1. The third kappa shape index (κ3) is 6.90. The van der Waals surface area contributed by atoms with Crippen LogP contribution in [0, 0.1) is 11.3 Å². The van der Waals surface area contributed by atoms with Gasteiger partial charge in [-0.05, 0) is 42.7 Å². The number of benzene rings is 2. The molecule has 2 fully saturated rings. The molecule has 3 amide bonds. The number of halogens is 1. The minimum Gasteiger partial charge on any atom is -0.393 e. The summed E-state index contributed by atoms with van der Waals surface area (Å²) in [7, 11) is 0. The molecule has 0 spiro atoms. The third-order valence-electron chi connectivity index (χ3n) is 7.39. The largest absolute Gasteiger partial charge is 0.393 e. The number of nitrogens with two attached hydrogens (primary N) is 1. The number of aliphatic hydroxyl groups is 1. The van der Waals surface area contributed by atoms with Crippen LogP contribution in [0.4, 0.5) is 0 Å². The van der Waals surface area contributed by atoms with Crippen LogP contribution in [-0.2, 0) is 27.3 Å². The van der Waals surface area contributed by atoms with E-state index in [1.807, 2.05) is 30.3 Å². The Kier molecular flexibility index (Phi) is 9.88. The van der Waals surface area contributed by atoms with E-state index < -0.39 is 18.2 Å². The van der Waals surface area contributed by atoms with E-state index in [2.05, 4.69) is 10.6 Å². The van der Waals surface area contributed by atoms with Gasteiger partial charge in [0.25, 0.3) is 0 Å². The summed E-state index contributed by atoms with van der Waals surface area (Å²) in [6, 6.07) is 14.8. The van der Waals surface area contributed by atoms with Crippen LogP contribution in [0.15, 0.2) is 54.6 Å². The van der Waals surface area contributed by atoms with E-state index >= 15 is 0 Å². The molecule has 1 aliphatic heterocycles. The van der Waals surface area contributed by atoms with Gasteiger partial charge in [0.2, 0.25) is 17.7 Å². The molecule has 2 aromatic carbocycles. The molecule has 2 aromatic rings. The fourth-order valence-electron chi connectivity index (χ4n) is 5.57. The highest BCUT2D eigenvalue weighted by Crippen LogP contribution is 2.40. The number of amides is 3. The van der Waals surface area contributed by atoms with Crippen molar-refractivity contribution in [1.82, 2.24) is 15.5 Å². The number of rotatable bonds is 8. The van der Waals surface area contributed by atoms with Crippen molar-refractivity contribution in [2.75, 3.05) is 0 Å². The fraction of sp³-hybridized carbons (Fsp3) is 0.429. The Labute approximate surface area is 229 Å². The molecule has 2 aliphatic rings. The molecule has 0 radical (unpaired) electrons. The Hall–Kier alpha value is -3.43. The van der Waals surface area contributed by atoms with Crippen molar-refractivity contribution in [3.05, 3.63) is 71.3 Å². The maximum Gasteiger partial charge on any atom is 0.246 e. The van der Waals surface area contributed by atoms with Crippen molar-refractivity contribution < 1.29 is 19.5 Å². The molecule has 5 atom stereocenters. The molecule has 4 rings (SSSR count). The van der Waals surface area contributed by atoms with Gasteiger partial charge in [0, 0.05) is 31.5 Å². The second-order valence-corrected chi connectivity index (χ2v) is 10.1. The Morgan fingerprint density at radius 1 is 1.05 bits per heavy atom. The smallest absolute Gasteiger partial charge is 0.246 e. The number of amidine groups is 1. The van der Waals surface area contributed by atoms with Crippen molar-refractivity contribution in [2.24, 2.45) is 11.7 Å². The lowest BCUT2D eigenvalue weighted by Gasteiger charge is -2.37. The maximum atomic E-state index is 14.0. The number of carbonyl (C=O) groups excluding carboxylic acids is 3. The van der Waals surface area contributed by atoms with Crippen LogP contribution in [0.25, 0.3) is 0 Å². The lowest BCUT2D eigenvalue weighted by molar-refractivity contribution is -0.144. The quantitative estimate of drug-likeness (QED) is 0.255. The first-order valence-corrected chi connectivity index (χ1v) is 12.7. The van der Waals surface area contributed by atoms with Gasteiger partial charge in [0.05, 0.1) is 6.10 Å². The Morgan fingerprint density at radius 3 is 2.37 bits per heavy atom. The zero-order valence-electron chi connectivity index (χ0n) is 21.4. The van der Waals surface area contributed by atoms with Crippen LogP contribution in [-0.4, -0.2) is 57.8 Å². The standard InChI is InChI=1S/C28H35N5O4.ClH/c1-17(34)32-23(13-18-5-3-2-4-6-18)28(37)33-24-15-22(35)12-11-21(24)14-25(33)27(36)31-16-19-7-9-20(10-8-19)26(29)30;/h2-10,21-25,35H,11-16H2,1H3,(H3,29,30)(H,31,36)(H,32,34);1H/t21-,22+,23+,24-,25-;/m0./s1. The first kappa shape index (κ1) is 29.1. The van der Waals surface area contributed by atoms with Gasteiger partial charge in [-0.1, -0.05) is 54.6 Å². The van der Waals surface area contributed by atoms with Gasteiger partial charge >= 0.3 is 0 Å². The van der Waals surface area contributed by atoms with Crippen LogP contribution in [0.2, 0.25) is 0 Å². The van der Waals surface area contributed by atoms with Crippen LogP contribution < -0.4 is 16.4 Å². The molecule has 9 nitrogen and oxygen atoms in total. The second kappa shape index (κ2) is 12.9. The Bertz CT molecular complexity index is 1140. The molecule has 10 heteroatoms. The molecule has 1 heterocycles. The highest BCUT2D eigenvalue weighted by Gasteiger charge is 2.50. The van der Waals surface area contributed by atoms with Crippen LogP contribution in [0.5, 0.6) is 0 Å². The maximum absolute atomic E-state index is 14.0. The topological polar surface area (TPSA) is 149 Å². The molecular formula is C28H36ClN5O4. The number of hydrogen-bond acceptors (Lipinski definition) is 5. The summed E-state index contributed by atoms with van der Waals surface area (Å²) in [5.74, 6) is -0.776. The molecule has 0 unspecified atom stereocenters. The Morgan fingerprint density at radius 2 is 1.74 bits per heavy atom. The fourth-order valence-corrected chi connectivity index (χ4v) is 5.57. The van der Waals surface area contributed by atoms with Gasteiger partial charge in [-0.25, -0.2) is 0 Å². The molecule has 1 aliphatic carbocycles. The molecule has 0 bridgehead atoms. The number of hydrogen-bond donors (Lipinski definition) is 5. The van der Waals surface area contributed by atoms with E-state index in [-0.39, 0.29) is 54.5 Å². The number of fused-ring (bicyclic) bond motifs is 1. The van der Waals surface area contributed by atoms with E-state index in [4.69, 9.17) is 11.1 Å². The minimum atomic E-state index is -0.813. The molecular weight excluding hydrogens is 506 g/mol. The van der Waals surface area contributed by atoms with Gasteiger partial charge in [0.1, 0.15) is 17.9 Å². The van der Waals surface area contributed by atoms with Crippen LogP contribution in [0.1, 0.15) is 49.3 Å². The number of nitrogens with zero attached hydrogens (tertiary/aromatic N) is 1. The van der Waals surface area contributed by atoms with Crippen LogP contribution in [0.3, 0.4) is 0 Å². The SMILES string of the molecule is CC(=O)N[C@H](Cc1ccccc1)C(=O)N1[C@H](C(=O)NCc2ccc(C(=N)N)cc2)C[C@@H]2CC[C@@H](O)C[C@@H]21.Cl. The molecule has 204 valence electrons. The zero-order valence-corrected chi connectivity index (χ0v) is 22.2. The second-order valence-electron chi connectivity index (χ2n) is 10.1. The molecule has 1 saturated carbocycles. The predicted molar refractivity (Wildman–Crippen MR) is 147 cm³/mol. The van der Waals surface area contributed by atoms with Crippen molar-refractivity contribution >= 4 is 36.0 Å². The highest BCUT2D eigenvalue weighted by atomic mass is 35.5. The van der Waals surface area contributed by atoms with E-state index in [9.17, 15) is 19.5 Å². The average molecular weight is 542 g/mol. The number of carbonyl (C=O) groups is 3. The molecule has 1 saturated heterocycles. The lowest BCUT2D eigenvalue weighted by Crippen LogP contribution is -2.57. The van der Waals surface area contributed by atoms with Crippen molar-refractivity contribution in [1.29, 1.82) is 5.41 Å². The number of aliphatic hydroxyl groups excluding tert-OH is 1. The van der Waals surface area contributed by atoms with Gasteiger partial charge in [-0.2, -0.15) is 0 Å². The first-order chi connectivity index (χ1) is 17.7. The van der Waals surface area contributed by atoms with Gasteiger partial charge in [-0.3, -0.25) is 19.8 Å². The summed E-state index contributed by atoms with van der Waals surface area (Å²) in [6.07, 6.45) is 2.13. The monoisotopic (exact) mass is 541 g/mol. The summed E-state index contributed by atoms with van der Waals surface area (Å²) in [5.41, 5.74) is 7.87. The summed E-state index contributed by atoms with van der Waals surface area (Å²) >= 11 is 0. The third-order valence-corrected chi connectivity index (χ3v) is 7.39. The molecule has 0 aromatic heterocycles. The van der Waals surface area contributed by atoms with Gasteiger partial charge in [-0.15, -0.1) is 12.4 Å². The Balaban J connectivity index is 0.00000400. The van der Waals surface area contributed by atoms with E-state index in [0.29, 0.717) is 31.2 Å². The normalized spacial score (nSPS) is 22.9. The average Bonchev–Trinajstić information content (AvgIpc) is 3.25. The molecule has 38 heavy (non-hydrogen) atoms. The number of nitrogen functional groups attached to an aromatic ring is 1. The van der Waals surface area contributed by atoms with Crippen molar-refractivity contribution in [3.8, 4) is 0 Å². The van der Waals surface area contributed by atoms with Crippen LogP contribution >= 0.6 is 12.4 Å². The zero-order chi connectivity index (χ0) is 26.5. The van der Waals surface area contributed by atoms with Crippen molar-refractivity contribution in [2.45, 2.75) is 69.8 Å². The van der Waals surface area contributed by atoms with E-state index in [1.165, 1.54) is 6.92 Å². The lowest BCUT2D eigenvalue weighted by atomic mass is 9.83. The van der Waals surface area contributed by atoms with Gasteiger partial charge in [0.15, 0.2) is 0 Å². The van der Waals surface area contributed by atoms with Gasteiger partial charge < -0.3 is 26.4 Å². The van der Waals surface area contributed by atoms with Crippen molar-refractivity contribution in [3.63, 3.8) is 0 Å². The summed E-state index contributed by atoms with van der Waals surface area (Å²) in [4.78, 5) is 41.0. The summed E-state index contributed by atoms with van der Waals surface area (Å²) in [5, 5.41) is 23.6. The summed E-state index contributed by atoms with van der Waals surface area (Å²) < 4.78 is 0. The molecule has 6 N–H and O–H groups in total. The first-order valence-electron chi connectivity index (χ1n) is 12.7. The number of nitrogens with one attached hydrogen (secondary N) is 3. The van der Waals surface area contributed by atoms with E-state index in [0.717, 1.165) is 17.5 Å².